The first-order valence-electron chi connectivity index (χ1n) is 5.48. The number of benzene rings is 1. The van der Waals surface area contributed by atoms with Crippen LogP contribution in [0.5, 0.6) is 11.5 Å². The lowest BCUT2D eigenvalue weighted by Crippen LogP contribution is -2.17. The first-order valence-corrected chi connectivity index (χ1v) is 5.48. The van der Waals surface area contributed by atoms with Crippen molar-refractivity contribution in [3.63, 3.8) is 0 Å². The number of hydrogen-bond acceptors (Lipinski definition) is 6. The third-order valence-corrected chi connectivity index (χ3v) is 2.36. The highest BCUT2D eigenvalue weighted by atomic mass is 16.7. The van der Waals surface area contributed by atoms with E-state index in [-0.39, 0.29) is 19.3 Å². The molecule has 94 valence electrons. The summed E-state index contributed by atoms with van der Waals surface area (Å²) in [6, 6.07) is 5.25. The van der Waals surface area contributed by atoms with Gasteiger partial charge in [0.2, 0.25) is 6.79 Å². The lowest BCUT2D eigenvalue weighted by Gasteiger charge is -2.08. The predicted molar refractivity (Wildman–Crippen MR) is 62.4 cm³/mol. The second-order valence-corrected chi connectivity index (χ2v) is 3.52. The minimum Gasteiger partial charge on any atom is -0.465 e. The highest BCUT2D eigenvalue weighted by Crippen LogP contribution is 2.36. The van der Waals surface area contributed by atoms with E-state index in [1.54, 1.807) is 19.1 Å². The van der Waals surface area contributed by atoms with E-state index in [0.717, 1.165) is 0 Å². The summed E-state index contributed by atoms with van der Waals surface area (Å²) in [5, 5.41) is 11.9. The standard InChI is InChI=1S/C12H12N2O4/c1-2-16-12(15)6-14-9-4-11-10(17-7-18-11)3-8(9)5-13/h3-4,14H,2,6-7H2,1H3. The highest BCUT2D eigenvalue weighted by molar-refractivity contribution is 5.76. The molecule has 6 nitrogen and oxygen atoms in total. The Kier molecular flexibility index (Phi) is 3.53. The van der Waals surface area contributed by atoms with Crippen molar-refractivity contribution >= 4 is 11.7 Å². The number of fused-ring (bicyclic) bond motifs is 1. The van der Waals surface area contributed by atoms with E-state index in [9.17, 15) is 4.79 Å². The van der Waals surface area contributed by atoms with Gasteiger partial charge in [-0.2, -0.15) is 5.26 Å². The Labute approximate surface area is 104 Å². The summed E-state index contributed by atoms with van der Waals surface area (Å²) in [6.07, 6.45) is 0. The molecule has 1 aliphatic rings. The molecule has 1 heterocycles. The number of hydrogen-bond donors (Lipinski definition) is 1. The molecule has 6 heteroatoms. The Hall–Kier alpha value is -2.42. The van der Waals surface area contributed by atoms with Gasteiger partial charge >= 0.3 is 5.97 Å². The van der Waals surface area contributed by atoms with Gasteiger partial charge in [0, 0.05) is 12.1 Å². The van der Waals surface area contributed by atoms with Crippen LogP contribution in [0, 0.1) is 11.3 Å². The molecule has 1 aromatic rings. The second-order valence-electron chi connectivity index (χ2n) is 3.52. The zero-order valence-corrected chi connectivity index (χ0v) is 9.86. The largest absolute Gasteiger partial charge is 0.465 e. The minimum atomic E-state index is -0.376. The van der Waals surface area contributed by atoms with Crippen LogP contribution in [0.3, 0.4) is 0 Å². The van der Waals surface area contributed by atoms with E-state index in [4.69, 9.17) is 19.5 Å². The fraction of sp³-hybridized carbons (Fsp3) is 0.333. The first kappa shape index (κ1) is 12.0. The van der Waals surface area contributed by atoms with Crippen LogP contribution < -0.4 is 14.8 Å². The molecule has 0 aliphatic carbocycles. The minimum absolute atomic E-state index is 0.00215. The van der Waals surface area contributed by atoms with Crippen molar-refractivity contribution in [2.24, 2.45) is 0 Å². The van der Waals surface area contributed by atoms with E-state index in [1.165, 1.54) is 0 Å². The van der Waals surface area contributed by atoms with Gasteiger partial charge in [0.1, 0.15) is 12.6 Å². The summed E-state index contributed by atoms with van der Waals surface area (Å²) >= 11 is 0. The Morgan fingerprint density at radius 2 is 2.22 bits per heavy atom. The molecule has 0 spiro atoms. The Bertz CT molecular complexity index is 508. The molecular formula is C12H12N2O4. The molecule has 0 saturated heterocycles. The van der Waals surface area contributed by atoms with E-state index in [0.29, 0.717) is 29.4 Å². The van der Waals surface area contributed by atoms with Crippen LogP contribution in [-0.2, 0) is 9.53 Å². The van der Waals surface area contributed by atoms with Crippen molar-refractivity contribution in [2.45, 2.75) is 6.92 Å². The normalized spacial score (nSPS) is 11.8. The summed E-state index contributed by atoms with van der Waals surface area (Å²) in [5.41, 5.74) is 0.915. The molecule has 0 amide bonds. The number of nitrogens with one attached hydrogen (secondary N) is 1. The maximum absolute atomic E-state index is 11.2. The van der Waals surface area contributed by atoms with Crippen LogP contribution in [0.4, 0.5) is 5.69 Å². The number of nitriles is 1. The van der Waals surface area contributed by atoms with Crippen LogP contribution in [0.1, 0.15) is 12.5 Å². The SMILES string of the molecule is CCOC(=O)CNc1cc2c(cc1C#N)OCO2. The lowest BCUT2D eigenvalue weighted by atomic mass is 10.1. The fourth-order valence-corrected chi connectivity index (χ4v) is 1.56. The molecular weight excluding hydrogens is 236 g/mol. The van der Waals surface area contributed by atoms with Crippen LogP contribution in [0.25, 0.3) is 0 Å². The van der Waals surface area contributed by atoms with Gasteiger partial charge in [-0.05, 0) is 6.92 Å². The summed E-state index contributed by atoms with van der Waals surface area (Å²) in [7, 11) is 0. The number of ether oxygens (including phenoxy) is 3. The van der Waals surface area contributed by atoms with E-state index in [2.05, 4.69) is 5.32 Å². The van der Waals surface area contributed by atoms with Gasteiger partial charge < -0.3 is 19.5 Å². The van der Waals surface area contributed by atoms with E-state index in [1.807, 2.05) is 6.07 Å². The molecule has 2 rings (SSSR count). The number of rotatable bonds is 4. The molecule has 0 saturated carbocycles. The van der Waals surface area contributed by atoms with Gasteiger partial charge in [0.15, 0.2) is 11.5 Å². The van der Waals surface area contributed by atoms with E-state index < -0.39 is 0 Å². The third-order valence-electron chi connectivity index (χ3n) is 2.36. The third kappa shape index (κ3) is 2.46. The summed E-state index contributed by atoms with van der Waals surface area (Å²) in [5.74, 6) is 0.715. The number of carbonyl (C=O) groups is 1. The van der Waals surface area contributed by atoms with Gasteiger partial charge in [-0.3, -0.25) is 4.79 Å². The molecule has 0 bridgehead atoms. The zero-order chi connectivity index (χ0) is 13.0. The van der Waals surface area contributed by atoms with Crippen molar-refractivity contribution in [2.75, 3.05) is 25.3 Å². The van der Waals surface area contributed by atoms with Gasteiger partial charge in [0.25, 0.3) is 0 Å². The van der Waals surface area contributed by atoms with Gasteiger partial charge in [-0.25, -0.2) is 0 Å². The van der Waals surface area contributed by atoms with Gasteiger partial charge in [-0.1, -0.05) is 0 Å². The average Bonchev–Trinajstić information content (AvgIpc) is 2.82. The van der Waals surface area contributed by atoms with E-state index >= 15 is 0 Å². The molecule has 0 aromatic heterocycles. The van der Waals surface area contributed by atoms with Crippen LogP contribution in [0.15, 0.2) is 12.1 Å². The Morgan fingerprint density at radius 1 is 1.50 bits per heavy atom. The molecule has 0 fully saturated rings. The molecule has 1 N–H and O–H groups in total. The molecule has 0 atom stereocenters. The van der Waals surface area contributed by atoms with Crippen LogP contribution in [-0.4, -0.2) is 25.9 Å². The summed E-state index contributed by atoms with van der Waals surface area (Å²) in [6.45, 7) is 2.20. The first-order chi connectivity index (χ1) is 8.74. The number of anilines is 1. The maximum Gasteiger partial charge on any atom is 0.325 e. The topological polar surface area (TPSA) is 80.6 Å². The van der Waals surface area contributed by atoms with Gasteiger partial charge in [-0.15, -0.1) is 0 Å². The molecule has 0 radical (unpaired) electrons. The molecule has 18 heavy (non-hydrogen) atoms. The van der Waals surface area contributed by atoms with Crippen LogP contribution in [0.2, 0.25) is 0 Å². The average molecular weight is 248 g/mol. The quantitative estimate of drug-likeness (QED) is 0.808. The number of carbonyl (C=O) groups excluding carboxylic acids is 1. The number of esters is 1. The molecule has 1 aromatic carbocycles. The Morgan fingerprint density at radius 3 is 2.89 bits per heavy atom. The smallest absolute Gasteiger partial charge is 0.325 e. The van der Waals surface area contributed by atoms with Crippen molar-refractivity contribution in [1.29, 1.82) is 5.26 Å². The maximum atomic E-state index is 11.2. The van der Waals surface area contributed by atoms with Crippen molar-refractivity contribution < 1.29 is 19.0 Å². The zero-order valence-electron chi connectivity index (χ0n) is 9.86. The number of nitrogens with zero attached hydrogens (tertiary/aromatic N) is 1. The van der Waals surface area contributed by atoms with Crippen molar-refractivity contribution in [3.8, 4) is 17.6 Å². The van der Waals surface area contributed by atoms with Crippen LogP contribution >= 0.6 is 0 Å². The summed E-state index contributed by atoms with van der Waals surface area (Å²) in [4.78, 5) is 11.2. The highest BCUT2D eigenvalue weighted by Gasteiger charge is 2.17. The Balaban J connectivity index is 2.12. The monoisotopic (exact) mass is 248 g/mol. The predicted octanol–water partition coefficient (Wildman–Crippen LogP) is 1.26. The molecule has 1 aliphatic heterocycles. The lowest BCUT2D eigenvalue weighted by molar-refractivity contribution is -0.140. The summed E-state index contributed by atoms with van der Waals surface area (Å²) < 4.78 is 15.2. The van der Waals surface area contributed by atoms with Crippen molar-refractivity contribution in [3.05, 3.63) is 17.7 Å². The fourth-order valence-electron chi connectivity index (χ4n) is 1.56. The molecule has 0 unspecified atom stereocenters. The second kappa shape index (κ2) is 5.27. The van der Waals surface area contributed by atoms with Gasteiger partial charge in [0.05, 0.1) is 17.9 Å². The van der Waals surface area contributed by atoms with Crippen molar-refractivity contribution in [1.82, 2.24) is 0 Å².